The lowest BCUT2D eigenvalue weighted by Crippen LogP contribution is -2.26. The third kappa shape index (κ3) is 4.31. The van der Waals surface area contributed by atoms with E-state index in [4.69, 9.17) is 5.11 Å². The predicted molar refractivity (Wildman–Crippen MR) is 90.3 cm³/mol. The second-order valence-electron chi connectivity index (χ2n) is 4.17. The Morgan fingerprint density at radius 3 is 2.86 bits per heavy atom. The van der Waals surface area contributed by atoms with Gasteiger partial charge in [0.25, 0.3) is 0 Å². The van der Waals surface area contributed by atoms with Gasteiger partial charge in [0.1, 0.15) is 11.0 Å². The number of hydrogen-bond acceptors (Lipinski definition) is 6. The number of carboxylic acid groups (broad SMARTS) is 1. The van der Waals surface area contributed by atoms with Gasteiger partial charge in [-0.05, 0) is 28.1 Å². The number of amidine groups is 1. The minimum Gasteiger partial charge on any atom is -0.506 e. The fourth-order valence-corrected chi connectivity index (χ4v) is 3.75. The van der Waals surface area contributed by atoms with Gasteiger partial charge in [-0.25, -0.2) is 0 Å². The van der Waals surface area contributed by atoms with Crippen molar-refractivity contribution >= 4 is 66.9 Å². The Balaban J connectivity index is 2.09. The average molecular weight is 451 g/mol. The standard InChI is InChI=1S/C12H9Br2N3O4S/c13-6-1-5(10(20)7(14)2-6)4-15-17-12-16-11(21)8(22-12)3-9(18)19/h1-2,4,8,20H,3H2,(H,18,19)(H,16,17,21). The molecular formula is C12H9Br2N3O4S. The summed E-state index contributed by atoms with van der Waals surface area (Å²) in [5.74, 6) is -1.45. The highest BCUT2D eigenvalue weighted by Gasteiger charge is 2.32. The number of rotatable bonds is 4. The number of carbonyl (C=O) groups excluding carboxylic acids is 1. The molecule has 1 aromatic carbocycles. The molecule has 0 radical (unpaired) electrons. The molecule has 1 amide bonds. The summed E-state index contributed by atoms with van der Waals surface area (Å²) in [6.45, 7) is 0. The van der Waals surface area contributed by atoms with E-state index in [1.165, 1.54) is 6.21 Å². The van der Waals surface area contributed by atoms with E-state index < -0.39 is 17.1 Å². The van der Waals surface area contributed by atoms with Crippen molar-refractivity contribution in [1.82, 2.24) is 5.32 Å². The van der Waals surface area contributed by atoms with Crippen molar-refractivity contribution in [1.29, 1.82) is 0 Å². The number of carboxylic acids is 1. The van der Waals surface area contributed by atoms with Crippen LogP contribution in [0.4, 0.5) is 0 Å². The molecule has 1 aliphatic rings. The van der Waals surface area contributed by atoms with Gasteiger partial charge in [0.2, 0.25) is 5.91 Å². The molecule has 1 fully saturated rings. The molecule has 3 N–H and O–H groups in total. The van der Waals surface area contributed by atoms with Crippen molar-refractivity contribution in [3.8, 4) is 5.75 Å². The Morgan fingerprint density at radius 1 is 1.45 bits per heavy atom. The number of amides is 1. The maximum absolute atomic E-state index is 11.5. The molecule has 0 aromatic heterocycles. The summed E-state index contributed by atoms with van der Waals surface area (Å²) >= 11 is 7.49. The zero-order chi connectivity index (χ0) is 16.3. The molecule has 1 aliphatic heterocycles. The van der Waals surface area contributed by atoms with Crippen LogP contribution < -0.4 is 5.32 Å². The Bertz CT molecular complexity index is 693. The van der Waals surface area contributed by atoms with Gasteiger partial charge in [0, 0.05) is 10.0 Å². The van der Waals surface area contributed by atoms with Crippen molar-refractivity contribution in [2.24, 2.45) is 10.2 Å². The first-order chi connectivity index (χ1) is 10.4. The SMILES string of the molecule is O=C(O)CC1SC(=NN=Cc2cc(Br)cc(Br)c2O)NC1=O. The van der Waals surface area contributed by atoms with Crippen LogP contribution in [0, 0.1) is 0 Å². The molecule has 10 heteroatoms. The Hall–Kier alpha value is -1.39. The molecule has 2 rings (SSSR count). The average Bonchev–Trinajstić information content (AvgIpc) is 2.75. The van der Waals surface area contributed by atoms with Gasteiger partial charge < -0.3 is 15.5 Å². The van der Waals surface area contributed by atoms with Crippen LogP contribution in [0.1, 0.15) is 12.0 Å². The number of thioether (sulfide) groups is 1. The first-order valence-electron chi connectivity index (χ1n) is 5.85. The van der Waals surface area contributed by atoms with Crippen molar-refractivity contribution in [3.05, 3.63) is 26.6 Å². The van der Waals surface area contributed by atoms with Crippen molar-refractivity contribution in [3.63, 3.8) is 0 Å². The normalized spacial score (nSPS) is 19.8. The summed E-state index contributed by atoms with van der Waals surface area (Å²) in [5, 5.41) is 28.1. The van der Waals surface area contributed by atoms with Crippen LogP contribution in [0.15, 0.2) is 31.3 Å². The first kappa shape index (κ1) is 17.0. The number of nitrogens with one attached hydrogen (secondary N) is 1. The summed E-state index contributed by atoms with van der Waals surface area (Å²) in [6.07, 6.45) is 1.05. The summed E-state index contributed by atoms with van der Waals surface area (Å²) in [6, 6.07) is 3.33. The molecule has 7 nitrogen and oxygen atoms in total. The Kier molecular flexibility index (Phi) is 5.59. The molecule has 1 saturated heterocycles. The fourth-order valence-electron chi connectivity index (χ4n) is 1.57. The van der Waals surface area contributed by atoms with E-state index in [1.54, 1.807) is 12.1 Å². The quantitative estimate of drug-likeness (QED) is 0.481. The third-order valence-electron chi connectivity index (χ3n) is 2.54. The van der Waals surface area contributed by atoms with Gasteiger partial charge in [-0.2, -0.15) is 5.10 Å². The lowest BCUT2D eigenvalue weighted by molar-refractivity contribution is -0.138. The molecule has 0 saturated carbocycles. The minimum atomic E-state index is -1.05. The molecule has 22 heavy (non-hydrogen) atoms. The number of hydrogen-bond donors (Lipinski definition) is 3. The predicted octanol–water partition coefficient (Wildman–Crippen LogP) is 2.31. The second-order valence-corrected chi connectivity index (χ2v) is 7.13. The van der Waals surface area contributed by atoms with E-state index in [1.807, 2.05) is 0 Å². The Morgan fingerprint density at radius 2 is 2.18 bits per heavy atom. The maximum Gasteiger partial charge on any atom is 0.305 e. The highest BCUT2D eigenvalue weighted by molar-refractivity contribution is 9.11. The fraction of sp³-hybridized carbons (Fsp3) is 0.167. The number of aliphatic carboxylic acids is 1. The molecule has 1 unspecified atom stereocenters. The van der Waals surface area contributed by atoms with Crippen molar-refractivity contribution < 1.29 is 19.8 Å². The van der Waals surface area contributed by atoms with Gasteiger partial charge in [-0.15, -0.1) is 5.10 Å². The topological polar surface area (TPSA) is 111 Å². The number of carbonyl (C=O) groups is 2. The van der Waals surface area contributed by atoms with E-state index >= 15 is 0 Å². The number of nitrogens with zero attached hydrogens (tertiary/aromatic N) is 2. The van der Waals surface area contributed by atoms with Crippen LogP contribution in [0.5, 0.6) is 5.75 Å². The molecule has 116 valence electrons. The molecule has 0 aliphatic carbocycles. The number of benzene rings is 1. The summed E-state index contributed by atoms with van der Waals surface area (Å²) in [7, 11) is 0. The zero-order valence-electron chi connectivity index (χ0n) is 10.8. The molecule has 0 spiro atoms. The number of halogens is 2. The van der Waals surface area contributed by atoms with Crippen LogP contribution in [0.3, 0.4) is 0 Å². The largest absolute Gasteiger partial charge is 0.506 e. The van der Waals surface area contributed by atoms with Crippen molar-refractivity contribution in [2.75, 3.05) is 0 Å². The number of phenols is 1. The summed E-state index contributed by atoms with van der Waals surface area (Å²) in [4.78, 5) is 22.1. The third-order valence-corrected chi connectivity index (χ3v) is 4.67. The molecular weight excluding hydrogens is 442 g/mol. The van der Waals surface area contributed by atoms with Crippen molar-refractivity contribution in [2.45, 2.75) is 11.7 Å². The Labute approximate surface area is 146 Å². The van der Waals surface area contributed by atoms with Crippen LogP contribution in [-0.2, 0) is 9.59 Å². The second kappa shape index (κ2) is 7.25. The molecule has 0 bridgehead atoms. The lowest BCUT2D eigenvalue weighted by atomic mass is 10.2. The highest BCUT2D eigenvalue weighted by atomic mass is 79.9. The van der Waals surface area contributed by atoms with E-state index in [0.717, 1.165) is 16.2 Å². The number of phenolic OH excluding ortho intramolecular Hbond substituents is 1. The smallest absolute Gasteiger partial charge is 0.305 e. The highest BCUT2D eigenvalue weighted by Crippen LogP contribution is 2.30. The zero-order valence-corrected chi connectivity index (χ0v) is 14.8. The van der Waals surface area contributed by atoms with Crippen LogP contribution in [-0.4, -0.2) is 38.7 Å². The summed E-state index contributed by atoms with van der Waals surface area (Å²) < 4.78 is 1.25. The van der Waals surface area contributed by atoms with E-state index in [2.05, 4.69) is 47.4 Å². The van der Waals surface area contributed by atoms with Crippen LogP contribution in [0.25, 0.3) is 0 Å². The molecule has 1 atom stereocenters. The summed E-state index contributed by atoms with van der Waals surface area (Å²) in [5.41, 5.74) is 0.432. The van der Waals surface area contributed by atoms with Gasteiger partial charge in [0.05, 0.1) is 17.1 Å². The monoisotopic (exact) mass is 449 g/mol. The minimum absolute atomic E-state index is 0.0130. The van der Waals surface area contributed by atoms with Crippen LogP contribution >= 0.6 is 43.6 Å². The van der Waals surface area contributed by atoms with E-state index in [0.29, 0.717) is 10.0 Å². The van der Waals surface area contributed by atoms with Gasteiger partial charge in [-0.1, -0.05) is 27.7 Å². The van der Waals surface area contributed by atoms with E-state index in [-0.39, 0.29) is 17.3 Å². The lowest BCUT2D eigenvalue weighted by Gasteiger charge is -2.01. The van der Waals surface area contributed by atoms with Gasteiger partial charge in [-0.3, -0.25) is 9.59 Å². The van der Waals surface area contributed by atoms with Gasteiger partial charge in [0.15, 0.2) is 5.17 Å². The van der Waals surface area contributed by atoms with Crippen LogP contribution in [0.2, 0.25) is 0 Å². The number of aromatic hydroxyl groups is 1. The molecule has 1 heterocycles. The van der Waals surface area contributed by atoms with E-state index in [9.17, 15) is 14.7 Å². The maximum atomic E-state index is 11.5. The molecule has 1 aromatic rings. The first-order valence-corrected chi connectivity index (χ1v) is 8.31. The van der Waals surface area contributed by atoms with Gasteiger partial charge >= 0.3 is 5.97 Å².